The lowest BCUT2D eigenvalue weighted by atomic mass is 10.3. The number of carbonyl (C=O) groups is 1. The first-order chi connectivity index (χ1) is 8.13. The van der Waals surface area contributed by atoms with Gasteiger partial charge >= 0.3 is 6.16 Å². The van der Waals surface area contributed by atoms with Crippen LogP contribution in [0.4, 0.5) is 10.5 Å². The summed E-state index contributed by atoms with van der Waals surface area (Å²) in [4.78, 5) is 20.9. The molecule has 0 atom stereocenters. The molecular formula is C12H19NO6. The molecule has 0 amide bonds. The van der Waals surface area contributed by atoms with E-state index in [4.69, 9.17) is 9.84 Å². The van der Waals surface area contributed by atoms with Gasteiger partial charge in [0.05, 0.1) is 11.5 Å². The van der Waals surface area contributed by atoms with Gasteiger partial charge in [0.1, 0.15) is 5.75 Å². The number of nitro groups is 1. The van der Waals surface area contributed by atoms with E-state index in [1.165, 1.54) is 24.3 Å². The van der Waals surface area contributed by atoms with E-state index in [0.717, 1.165) is 0 Å². The number of benzene rings is 1. The van der Waals surface area contributed by atoms with Crippen molar-refractivity contribution in [2.24, 2.45) is 0 Å². The summed E-state index contributed by atoms with van der Waals surface area (Å²) < 4.78 is 9.34. The number of aliphatic hydroxyl groups excluding tert-OH is 1. The molecule has 0 saturated carbocycles. The average molecular weight is 273 g/mol. The number of nitro benzene ring substituents is 1. The van der Waals surface area contributed by atoms with E-state index in [1.807, 2.05) is 0 Å². The zero-order chi connectivity index (χ0) is 12.7. The number of ether oxygens (including phenoxy) is 2. The van der Waals surface area contributed by atoms with Crippen molar-refractivity contribution in [2.75, 3.05) is 13.2 Å². The highest BCUT2D eigenvalue weighted by atomic mass is 16.7. The number of nitrogens with zero attached hydrogens (tertiary/aromatic N) is 1. The molecule has 0 radical (unpaired) electrons. The van der Waals surface area contributed by atoms with Crippen LogP contribution in [0.2, 0.25) is 0 Å². The first kappa shape index (κ1) is 19.2. The fourth-order valence-corrected chi connectivity index (χ4v) is 0.982. The lowest BCUT2D eigenvalue weighted by Crippen LogP contribution is -2.12. The Labute approximate surface area is 111 Å². The van der Waals surface area contributed by atoms with E-state index < -0.39 is 11.1 Å². The van der Waals surface area contributed by atoms with Crippen LogP contribution in [-0.2, 0) is 4.74 Å². The second-order valence-corrected chi connectivity index (χ2v) is 3.03. The highest BCUT2D eigenvalue weighted by molar-refractivity contribution is 5.63. The van der Waals surface area contributed by atoms with Crippen molar-refractivity contribution in [1.29, 1.82) is 0 Å². The van der Waals surface area contributed by atoms with Crippen LogP contribution >= 0.6 is 0 Å². The molecule has 108 valence electrons. The van der Waals surface area contributed by atoms with Crippen LogP contribution in [0.25, 0.3) is 0 Å². The number of aliphatic hydroxyl groups is 1. The van der Waals surface area contributed by atoms with Gasteiger partial charge in [-0.2, -0.15) is 0 Å². The SMILES string of the molecule is C.C.O=C(OCCCO)Oc1ccc([N+](=O)[O-])cc1. The van der Waals surface area contributed by atoms with Gasteiger partial charge in [-0.1, -0.05) is 14.9 Å². The predicted octanol–water partition coefficient (Wildman–Crippen LogP) is 2.76. The minimum atomic E-state index is -0.910. The molecule has 1 aromatic rings. The van der Waals surface area contributed by atoms with Crippen LogP contribution < -0.4 is 4.74 Å². The maximum Gasteiger partial charge on any atom is 0.513 e. The smallest absolute Gasteiger partial charge is 0.434 e. The topological polar surface area (TPSA) is 98.9 Å². The van der Waals surface area contributed by atoms with E-state index in [2.05, 4.69) is 4.74 Å². The van der Waals surface area contributed by atoms with Crippen LogP contribution in [0.5, 0.6) is 5.75 Å². The van der Waals surface area contributed by atoms with Gasteiger partial charge in [-0.15, -0.1) is 0 Å². The number of carbonyl (C=O) groups excluding carboxylic acids is 1. The molecular weight excluding hydrogens is 254 g/mol. The molecule has 0 saturated heterocycles. The summed E-state index contributed by atoms with van der Waals surface area (Å²) in [5, 5.41) is 18.8. The molecule has 0 aliphatic carbocycles. The molecule has 0 aromatic heterocycles. The highest BCUT2D eigenvalue weighted by Gasteiger charge is 2.08. The summed E-state index contributed by atoms with van der Waals surface area (Å²) in [7, 11) is 0. The fourth-order valence-electron chi connectivity index (χ4n) is 0.982. The quantitative estimate of drug-likeness (QED) is 0.291. The molecule has 1 N–H and O–H groups in total. The van der Waals surface area contributed by atoms with Gasteiger partial charge in [0.15, 0.2) is 0 Å². The Balaban J connectivity index is 0. The maximum absolute atomic E-state index is 11.0. The Kier molecular flexibility index (Phi) is 9.94. The van der Waals surface area contributed by atoms with E-state index in [1.54, 1.807) is 0 Å². The summed E-state index contributed by atoms with van der Waals surface area (Å²) in [6.45, 7) is -0.0207. The summed E-state index contributed by atoms with van der Waals surface area (Å²) in [5.41, 5.74) is -0.0917. The Hall–Kier alpha value is -2.15. The summed E-state index contributed by atoms with van der Waals surface area (Å²) in [5.74, 6) is 0.157. The summed E-state index contributed by atoms with van der Waals surface area (Å²) >= 11 is 0. The van der Waals surface area contributed by atoms with Crippen molar-refractivity contribution in [2.45, 2.75) is 21.3 Å². The molecule has 1 rings (SSSR count). The monoisotopic (exact) mass is 273 g/mol. The Bertz CT molecular complexity index is 390. The zero-order valence-electron chi connectivity index (χ0n) is 8.87. The lowest BCUT2D eigenvalue weighted by Gasteiger charge is -2.04. The summed E-state index contributed by atoms with van der Waals surface area (Å²) in [6, 6.07) is 5.03. The molecule has 1 aromatic carbocycles. The normalized spacial score (nSPS) is 8.68. The molecule has 0 spiro atoms. The molecule has 7 nitrogen and oxygen atoms in total. The molecule has 0 heterocycles. The van der Waals surface area contributed by atoms with Crippen molar-refractivity contribution in [3.8, 4) is 5.75 Å². The second kappa shape index (κ2) is 9.84. The van der Waals surface area contributed by atoms with Crippen LogP contribution in [0.15, 0.2) is 24.3 Å². The molecule has 19 heavy (non-hydrogen) atoms. The van der Waals surface area contributed by atoms with E-state index >= 15 is 0 Å². The van der Waals surface area contributed by atoms with Gasteiger partial charge in [-0.3, -0.25) is 10.1 Å². The van der Waals surface area contributed by atoms with Gasteiger partial charge in [0.25, 0.3) is 5.69 Å². The molecule has 0 bridgehead atoms. The molecule has 0 unspecified atom stereocenters. The molecule has 0 aliphatic heterocycles. The zero-order valence-corrected chi connectivity index (χ0v) is 8.87. The predicted molar refractivity (Wildman–Crippen MR) is 70.2 cm³/mol. The maximum atomic E-state index is 11.0. The van der Waals surface area contributed by atoms with Gasteiger partial charge < -0.3 is 14.6 Å². The number of hydrogen-bond donors (Lipinski definition) is 1. The average Bonchev–Trinajstić information content (AvgIpc) is 2.30. The third kappa shape index (κ3) is 6.99. The van der Waals surface area contributed by atoms with Gasteiger partial charge in [0, 0.05) is 25.2 Å². The lowest BCUT2D eigenvalue weighted by molar-refractivity contribution is -0.384. The van der Waals surface area contributed by atoms with Crippen molar-refractivity contribution >= 4 is 11.8 Å². The van der Waals surface area contributed by atoms with E-state index in [0.29, 0.717) is 6.42 Å². The van der Waals surface area contributed by atoms with E-state index in [9.17, 15) is 14.9 Å². The van der Waals surface area contributed by atoms with Crippen molar-refractivity contribution < 1.29 is 24.3 Å². The van der Waals surface area contributed by atoms with Crippen LogP contribution in [0, 0.1) is 10.1 Å². The van der Waals surface area contributed by atoms with Gasteiger partial charge in [0.2, 0.25) is 0 Å². The Morgan fingerprint density at radius 2 is 1.84 bits per heavy atom. The molecule has 0 fully saturated rings. The van der Waals surface area contributed by atoms with Crippen LogP contribution in [0.1, 0.15) is 21.3 Å². The Morgan fingerprint density at radius 3 is 2.32 bits per heavy atom. The van der Waals surface area contributed by atoms with E-state index in [-0.39, 0.29) is 39.5 Å². The number of non-ortho nitro benzene ring substituents is 1. The van der Waals surface area contributed by atoms with Crippen molar-refractivity contribution in [3.63, 3.8) is 0 Å². The molecule has 7 heteroatoms. The third-order valence-electron chi connectivity index (χ3n) is 1.77. The minimum absolute atomic E-state index is 0. The number of rotatable bonds is 5. The second-order valence-electron chi connectivity index (χ2n) is 3.03. The molecule has 0 aliphatic rings. The van der Waals surface area contributed by atoms with Crippen molar-refractivity contribution in [3.05, 3.63) is 34.4 Å². The largest absolute Gasteiger partial charge is 0.513 e. The fraction of sp³-hybridized carbons (Fsp3) is 0.417. The van der Waals surface area contributed by atoms with Crippen LogP contribution in [0.3, 0.4) is 0 Å². The minimum Gasteiger partial charge on any atom is -0.434 e. The van der Waals surface area contributed by atoms with Gasteiger partial charge in [-0.25, -0.2) is 4.79 Å². The highest BCUT2D eigenvalue weighted by Crippen LogP contribution is 2.17. The van der Waals surface area contributed by atoms with Crippen molar-refractivity contribution in [1.82, 2.24) is 0 Å². The first-order valence-electron chi connectivity index (χ1n) is 4.83. The van der Waals surface area contributed by atoms with Gasteiger partial charge in [-0.05, 0) is 12.1 Å². The Morgan fingerprint density at radius 1 is 1.26 bits per heavy atom. The number of hydrogen-bond acceptors (Lipinski definition) is 6. The standard InChI is InChI=1S/C10H11NO6.2CH4/c12-6-1-7-16-10(13)17-9-4-2-8(3-5-9)11(14)15;;/h2-5,12H,1,6-7H2;2*1H4. The summed E-state index contributed by atoms with van der Waals surface area (Å²) in [6.07, 6.45) is -0.581. The third-order valence-corrected chi connectivity index (χ3v) is 1.77. The first-order valence-corrected chi connectivity index (χ1v) is 4.83. The van der Waals surface area contributed by atoms with Crippen LogP contribution in [-0.4, -0.2) is 29.4 Å².